The Morgan fingerprint density at radius 1 is 1.57 bits per heavy atom. The lowest BCUT2D eigenvalue weighted by molar-refractivity contribution is -0.120. The van der Waals surface area contributed by atoms with Crippen molar-refractivity contribution < 1.29 is 9.59 Å². The van der Waals surface area contributed by atoms with Gasteiger partial charge in [0.25, 0.3) is 0 Å². The molecule has 1 aromatic rings. The molecule has 1 aliphatic carbocycles. The van der Waals surface area contributed by atoms with Crippen molar-refractivity contribution in [3.63, 3.8) is 0 Å². The van der Waals surface area contributed by atoms with Gasteiger partial charge < -0.3 is 5.32 Å². The van der Waals surface area contributed by atoms with Crippen LogP contribution in [0.1, 0.15) is 26.7 Å². The van der Waals surface area contributed by atoms with E-state index >= 15 is 0 Å². The van der Waals surface area contributed by atoms with E-state index in [4.69, 9.17) is 6.42 Å². The van der Waals surface area contributed by atoms with Crippen molar-refractivity contribution in [1.82, 2.24) is 15.5 Å². The molecule has 112 valence electrons. The van der Waals surface area contributed by atoms with Crippen molar-refractivity contribution >= 4 is 40.0 Å². The number of nitrogens with zero attached hydrogens (tertiary/aromatic N) is 3. The van der Waals surface area contributed by atoms with Gasteiger partial charge in [-0.05, 0) is 19.8 Å². The van der Waals surface area contributed by atoms with Crippen LogP contribution in [0, 0.1) is 12.3 Å². The fraction of sp³-hybridized carbons (Fsp3) is 0.538. The Balaban J connectivity index is 1.98. The number of hydrogen-bond acceptors (Lipinski definition) is 6. The molecule has 1 fully saturated rings. The fourth-order valence-electron chi connectivity index (χ4n) is 1.71. The molecule has 2 rings (SSSR count). The molecule has 1 unspecified atom stereocenters. The van der Waals surface area contributed by atoms with Gasteiger partial charge in [-0.25, -0.2) is 0 Å². The topological polar surface area (TPSA) is 75.2 Å². The lowest BCUT2D eigenvalue weighted by Crippen LogP contribution is -2.31. The molecule has 0 spiro atoms. The second kappa shape index (κ2) is 6.91. The smallest absolute Gasteiger partial charge is 0.234 e. The number of nitrogens with one attached hydrogen (secondary N) is 1. The zero-order valence-electron chi connectivity index (χ0n) is 11.8. The molecule has 1 saturated carbocycles. The maximum atomic E-state index is 11.7. The SMILES string of the molecule is C#CCNC(=O)C(C)Sc1nnc(N(C(C)=O)C2CC2)s1. The lowest BCUT2D eigenvalue weighted by atomic mass is 10.4. The number of carbonyl (C=O) groups is 2. The van der Waals surface area contributed by atoms with Crippen LogP contribution in [0.15, 0.2) is 4.34 Å². The summed E-state index contributed by atoms with van der Waals surface area (Å²) >= 11 is 2.64. The van der Waals surface area contributed by atoms with Crippen LogP contribution in [0.3, 0.4) is 0 Å². The molecule has 1 aromatic heterocycles. The van der Waals surface area contributed by atoms with E-state index in [1.807, 2.05) is 0 Å². The molecule has 1 heterocycles. The van der Waals surface area contributed by atoms with Gasteiger partial charge in [0.05, 0.1) is 11.8 Å². The summed E-state index contributed by atoms with van der Waals surface area (Å²) in [6.45, 7) is 3.52. The Morgan fingerprint density at radius 3 is 2.86 bits per heavy atom. The second-order valence-electron chi connectivity index (χ2n) is 4.65. The molecule has 2 amide bonds. The Bertz CT molecular complexity index is 577. The van der Waals surface area contributed by atoms with Gasteiger partial charge in [0.15, 0.2) is 4.34 Å². The van der Waals surface area contributed by atoms with Gasteiger partial charge in [0, 0.05) is 13.0 Å². The summed E-state index contributed by atoms with van der Waals surface area (Å²) in [5.41, 5.74) is 0. The van der Waals surface area contributed by atoms with Gasteiger partial charge in [0.1, 0.15) is 0 Å². The number of anilines is 1. The van der Waals surface area contributed by atoms with Crippen LogP contribution < -0.4 is 10.2 Å². The third-order valence-corrected chi connectivity index (χ3v) is 4.97. The normalized spacial score (nSPS) is 15.1. The van der Waals surface area contributed by atoms with E-state index in [-0.39, 0.29) is 29.7 Å². The fourth-order valence-corrected chi connectivity index (χ4v) is 3.84. The first-order valence-electron chi connectivity index (χ1n) is 6.54. The van der Waals surface area contributed by atoms with Crippen LogP contribution in [0.2, 0.25) is 0 Å². The molecule has 8 heteroatoms. The molecule has 1 atom stereocenters. The highest BCUT2D eigenvalue weighted by atomic mass is 32.2. The second-order valence-corrected chi connectivity index (χ2v) is 7.20. The van der Waals surface area contributed by atoms with Crippen molar-refractivity contribution in [2.24, 2.45) is 0 Å². The molecule has 1 aliphatic rings. The minimum atomic E-state index is -0.314. The highest BCUT2D eigenvalue weighted by molar-refractivity contribution is 8.02. The highest BCUT2D eigenvalue weighted by Gasteiger charge is 2.34. The first-order chi connectivity index (χ1) is 10.0. The van der Waals surface area contributed by atoms with Gasteiger partial charge in [-0.15, -0.1) is 16.6 Å². The number of amides is 2. The van der Waals surface area contributed by atoms with E-state index in [9.17, 15) is 9.59 Å². The van der Waals surface area contributed by atoms with E-state index in [1.54, 1.807) is 11.8 Å². The van der Waals surface area contributed by atoms with Crippen molar-refractivity contribution in [3.05, 3.63) is 0 Å². The summed E-state index contributed by atoms with van der Waals surface area (Å²) in [6, 6.07) is 0.254. The van der Waals surface area contributed by atoms with Crippen LogP contribution in [0.4, 0.5) is 5.13 Å². The van der Waals surface area contributed by atoms with Gasteiger partial charge in [0.2, 0.25) is 16.9 Å². The summed E-state index contributed by atoms with van der Waals surface area (Å²) in [6.07, 6.45) is 7.11. The van der Waals surface area contributed by atoms with E-state index in [0.29, 0.717) is 9.47 Å². The molecular weight excluding hydrogens is 308 g/mol. The molecule has 6 nitrogen and oxygen atoms in total. The summed E-state index contributed by atoms with van der Waals surface area (Å²) in [5, 5.41) is 11.0. The van der Waals surface area contributed by atoms with Crippen molar-refractivity contribution in [3.8, 4) is 12.3 Å². The van der Waals surface area contributed by atoms with Crippen LogP contribution in [-0.2, 0) is 9.59 Å². The Labute approximate surface area is 131 Å². The van der Waals surface area contributed by atoms with Gasteiger partial charge >= 0.3 is 0 Å². The van der Waals surface area contributed by atoms with E-state index < -0.39 is 0 Å². The Hall–Kier alpha value is -1.59. The maximum absolute atomic E-state index is 11.7. The van der Waals surface area contributed by atoms with Crippen LogP contribution in [-0.4, -0.2) is 39.8 Å². The number of hydrogen-bond donors (Lipinski definition) is 1. The van der Waals surface area contributed by atoms with Crippen LogP contribution in [0.25, 0.3) is 0 Å². The molecule has 0 aromatic carbocycles. The summed E-state index contributed by atoms with van der Waals surface area (Å²) in [5.74, 6) is 2.20. The third kappa shape index (κ3) is 4.19. The summed E-state index contributed by atoms with van der Waals surface area (Å²) in [7, 11) is 0. The Kier molecular flexibility index (Phi) is 5.20. The molecular formula is C13H16N4O2S2. The Morgan fingerprint density at radius 2 is 2.29 bits per heavy atom. The number of carbonyl (C=O) groups excluding carboxylic acids is 2. The van der Waals surface area contributed by atoms with Crippen LogP contribution in [0.5, 0.6) is 0 Å². The lowest BCUT2D eigenvalue weighted by Gasteiger charge is -2.15. The number of terminal acetylenes is 1. The molecule has 0 aliphatic heterocycles. The zero-order valence-corrected chi connectivity index (χ0v) is 13.5. The number of rotatable bonds is 6. The zero-order chi connectivity index (χ0) is 15.4. The molecule has 0 saturated heterocycles. The van der Waals surface area contributed by atoms with Crippen molar-refractivity contribution in [2.75, 3.05) is 11.4 Å². The standard InChI is InChI=1S/C13H16N4O2S2/c1-4-7-14-11(19)8(2)20-13-16-15-12(21-13)17(9(3)18)10-5-6-10/h1,8,10H,5-7H2,2-3H3,(H,14,19). The maximum Gasteiger partial charge on any atom is 0.234 e. The molecule has 1 N–H and O–H groups in total. The molecule has 0 radical (unpaired) electrons. The highest BCUT2D eigenvalue weighted by Crippen LogP contribution is 2.36. The van der Waals surface area contributed by atoms with E-state index in [1.165, 1.54) is 30.0 Å². The monoisotopic (exact) mass is 324 g/mol. The summed E-state index contributed by atoms with van der Waals surface area (Å²) in [4.78, 5) is 25.1. The predicted molar refractivity (Wildman–Crippen MR) is 83.3 cm³/mol. The molecule has 0 bridgehead atoms. The van der Waals surface area contributed by atoms with Gasteiger partial charge in [-0.1, -0.05) is 29.0 Å². The first-order valence-corrected chi connectivity index (χ1v) is 8.23. The first kappa shape index (κ1) is 15.8. The number of thioether (sulfide) groups is 1. The average Bonchev–Trinajstić information content (AvgIpc) is 3.16. The predicted octanol–water partition coefficient (Wildman–Crippen LogP) is 1.28. The minimum Gasteiger partial charge on any atom is -0.344 e. The van der Waals surface area contributed by atoms with Crippen molar-refractivity contribution in [2.45, 2.75) is 42.3 Å². The number of aromatic nitrogens is 2. The van der Waals surface area contributed by atoms with Crippen molar-refractivity contribution in [1.29, 1.82) is 0 Å². The van der Waals surface area contributed by atoms with Gasteiger partial charge in [-0.3, -0.25) is 14.5 Å². The largest absolute Gasteiger partial charge is 0.344 e. The van der Waals surface area contributed by atoms with E-state index in [0.717, 1.165) is 12.8 Å². The minimum absolute atomic E-state index is 0.0231. The summed E-state index contributed by atoms with van der Waals surface area (Å²) < 4.78 is 0.667. The van der Waals surface area contributed by atoms with Crippen LogP contribution >= 0.6 is 23.1 Å². The van der Waals surface area contributed by atoms with Gasteiger partial charge in [-0.2, -0.15) is 0 Å². The third-order valence-electron chi connectivity index (χ3n) is 2.86. The molecule has 21 heavy (non-hydrogen) atoms. The average molecular weight is 324 g/mol. The van der Waals surface area contributed by atoms with E-state index in [2.05, 4.69) is 21.4 Å². The quantitative estimate of drug-likeness (QED) is 0.485.